The van der Waals surface area contributed by atoms with Crippen LogP contribution in [0.2, 0.25) is 0 Å². The van der Waals surface area contributed by atoms with Crippen molar-refractivity contribution in [3.8, 4) is 0 Å². The number of imide groups is 1. The van der Waals surface area contributed by atoms with Crippen molar-refractivity contribution in [2.45, 2.75) is 38.9 Å². The molecule has 0 unspecified atom stereocenters. The molecule has 0 aromatic heterocycles. The fourth-order valence-corrected chi connectivity index (χ4v) is 3.69. The van der Waals surface area contributed by atoms with E-state index in [1.807, 2.05) is 12.1 Å². The second kappa shape index (κ2) is 7.07. The predicted molar refractivity (Wildman–Crippen MR) is 101 cm³/mol. The molecule has 4 rings (SSSR count). The van der Waals surface area contributed by atoms with Crippen LogP contribution in [0.3, 0.4) is 0 Å². The number of rotatable bonds is 4. The Kier molecular flexibility index (Phi) is 4.58. The molecule has 1 atom stereocenters. The van der Waals surface area contributed by atoms with E-state index in [9.17, 15) is 18.8 Å². The number of aryl methyl sites for hydroxylation is 1. The van der Waals surface area contributed by atoms with Gasteiger partial charge in [-0.05, 0) is 42.7 Å². The lowest BCUT2D eigenvalue weighted by Crippen LogP contribution is -2.52. The van der Waals surface area contributed by atoms with Crippen LogP contribution in [-0.4, -0.2) is 28.7 Å². The number of piperidine rings is 1. The van der Waals surface area contributed by atoms with E-state index in [1.165, 1.54) is 11.0 Å². The summed E-state index contributed by atoms with van der Waals surface area (Å²) in [5.74, 6) is -1.20. The lowest BCUT2D eigenvalue weighted by molar-refractivity contribution is -0.136. The van der Waals surface area contributed by atoms with Crippen molar-refractivity contribution < 1.29 is 18.8 Å². The highest BCUT2D eigenvalue weighted by molar-refractivity contribution is 6.06. The van der Waals surface area contributed by atoms with Gasteiger partial charge in [0, 0.05) is 36.3 Å². The number of benzene rings is 2. The minimum absolute atomic E-state index is 0.213. The molecule has 0 bridgehead atoms. The van der Waals surface area contributed by atoms with E-state index in [2.05, 4.69) is 10.6 Å². The summed E-state index contributed by atoms with van der Waals surface area (Å²) in [5, 5.41) is 5.57. The third-order valence-corrected chi connectivity index (χ3v) is 5.30. The van der Waals surface area contributed by atoms with Crippen molar-refractivity contribution in [2.75, 3.05) is 5.32 Å². The zero-order valence-corrected chi connectivity index (χ0v) is 15.4. The van der Waals surface area contributed by atoms with Crippen LogP contribution < -0.4 is 10.6 Å². The Morgan fingerprint density at radius 3 is 2.79 bits per heavy atom. The number of anilines is 1. The van der Waals surface area contributed by atoms with Crippen LogP contribution in [-0.2, 0) is 22.7 Å². The number of nitrogens with one attached hydrogen (secondary N) is 2. The summed E-state index contributed by atoms with van der Waals surface area (Å²) in [6, 6.07) is 9.82. The minimum Gasteiger partial charge on any atom is -0.381 e. The van der Waals surface area contributed by atoms with Crippen molar-refractivity contribution in [3.63, 3.8) is 0 Å². The first-order valence-corrected chi connectivity index (χ1v) is 9.19. The standard InChI is InChI=1S/C21H20FN3O3/c1-12-5-6-13(9-16(12)22)10-23-17-4-2-3-14-15(17)11-25(21(14)28)18-7-8-19(26)24-20(18)27/h2-6,9,18,23H,7-8,10-11H2,1H3,(H,24,26,27)/t18-/m0/s1. The molecule has 2 aliphatic heterocycles. The third-order valence-electron chi connectivity index (χ3n) is 5.30. The fraction of sp³-hybridized carbons (Fsp3) is 0.286. The van der Waals surface area contributed by atoms with Crippen molar-refractivity contribution in [1.82, 2.24) is 10.2 Å². The van der Waals surface area contributed by atoms with E-state index in [0.717, 1.165) is 16.8 Å². The van der Waals surface area contributed by atoms with Crippen molar-refractivity contribution >= 4 is 23.4 Å². The van der Waals surface area contributed by atoms with Gasteiger partial charge in [-0.25, -0.2) is 4.39 Å². The maximum absolute atomic E-state index is 13.8. The number of amides is 3. The number of nitrogens with zero attached hydrogens (tertiary/aromatic N) is 1. The van der Waals surface area contributed by atoms with Crippen LogP contribution >= 0.6 is 0 Å². The molecule has 144 valence electrons. The van der Waals surface area contributed by atoms with E-state index >= 15 is 0 Å². The third kappa shape index (κ3) is 3.24. The number of fused-ring (bicyclic) bond motifs is 1. The summed E-state index contributed by atoms with van der Waals surface area (Å²) in [7, 11) is 0. The Bertz CT molecular complexity index is 989. The second-order valence-corrected chi connectivity index (χ2v) is 7.17. The summed E-state index contributed by atoms with van der Waals surface area (Å²) in [6.07, 6.45) is 0.552. The quantitative estimate of drug-likeness (QED) is 0.798. The van der Waals surface area contributed by atoms with Crippen LogP contribution in [0.15, 0.2) is 36.4 Å². The lowest BCUT2D eigenvalue weighted by atomic mass is 10.0. The number of carbonyl (C=O) groups is 3. The topological polar surface area (TPSA) is 78.5 Å². The number of hydrogen-bond donors (Lipinski definition) is 2. The van der Waals surface area contributed by atoms with Crippen LogP contribution in [0, 0.1) is 12.7 Å². The average molecular weight is 381 g/mol. The second-order valence-electron chi connectivity index (χ2n) is 7.17. The first-order valence-electron chi connectivity index (χ1n) is 9.19. The Morgan fingerprint density at radius 2 is 2.04 bits per heavy atom. The lowest BCUT2D eigenvalue weighted by Gasteiger charge is -2.29. The summed E-state index contributed by atoms with van der Waals surface area (Å²) in [6.45, 7) is 2.43. The summed E-state index contributed by atoms with van der Waals surface area (Å²) in [4.78, 5) is 37.9. The molecule has 2 aromatic rings. The maximum atomic E-state index is 13.8. The molecule has 2 N–H and O–H groups in total. The molecule has 1 fully saturated rings. The summed E-state index contributed by atoms with van der Waals surface area (Å²) < 4.78 is 13.8. The highest BCUT2D eigenvalue weighted by atomic mass is 19.1. The maximum Gasteiger partial charge on any atom is 0.255 e. The zero-order valence-electron chi connectivity index (χ0n) is 15.4. The molecule has 0 spiro atoms. The van der Waals surface area contributed by atoms with Gasteiger partial charge in [0.2, 0.25) is 11.8 Å². The molecule has 6 nitrogen and oxygen atoms in total. The molecule has 1 saturated heterocycles. The normalized spacial score (nSPS) is 18.9. The Hall–Kier alpha value is -3.22. The van der Waals surface area contributed by atoms with E-state index in [0.29, 0.717) is 30.6 Å². The van der Waals surface area contributed by atoms with E-state index < -0.39 is 11.9 Å². The molecule has 7 heteroatoms. The Labute approximate surface area is 161 Å². The van der Waals surface area contributed by atoms with Crippen LogP contribution in [0.1, 0.15) is 39.9 Å². The van der Waals surface area contributed by atoms with Gasteiger partial charge < -0.3 is 10.2 Å². The van der Waals surface area contributed by atoms with Gasteiger partial charge >= 0.3 is 0 Å². The van der Waals surface area contributed by atoms with Crippen molar-refractivity contribution in [2.24, 2.45) is 0 Å². The van der Waals surface area contributed by atoms with Gasteiger partial charge in [0.15, 0.2) is 0 Å². The highest BCUT2D eigenvalue weighted by Gasteiger charge is 2.39. The smallest absolute Gasteiger partial charge is 0.255 e. The minimum atomic E-state index is -0.642. The summed E-state index contributed by atoms with van der Waals surface area (Å²) in [5.41, 5.74) is 3.53. The van der Waals surface area contributed by atoms with E-state index in [-0.39, 0.29) is 24.1 Å². The van der Waals surface area contributed by atoms with Gasteiger partial charge in [-0.3, -0.25) is 19.7 Å². The molecular weight excluding hydrogens is 361 g/mol. The molecule has 2 aromatic carbocycles. The van der Waals surface area contributed by atoms with Gasteiger partial charge in [-0.1, -0.05) is 18.2 Å². The first-order chi connectivity index (χ1) is 13.4. The van der Waals surface area contributed by atoms with Crippen LogP contribution in [0.5, 0.6) is 0 Å². The first kappa shape index (κ1) is 18.2. The molecule has 2 heterocycles. The molecule has 0 saturated carbocycles. The monoisotopic (exact) mass is 381 g/mol. The number of halogens is 1. The number of carbonyl (C=O) groups excluding carboxylic acids is 3. The van der Waals surface area contributed by atoms with Crippen molar-refractivity contribution in [1.29, 1.82) is 0 Å². The van der Waals surface area contributed by atoms with Gasteiger partial charge in [0.25, 0.3) is 5.91 Å². The summed E-state index contributed by atoms with van der Waals surface area (Å²) >= 11 is 0. The molecule has 3 amide bonds. The largest absolute Gasteiger partial charge is 0.381 e. The molecule has 28 heavy (non-hydrogen) atoms. The SMILES string of the molecule is Cc1ccc(CNc2cccc3c2CN([C@H]2CCC(=O)NC2=O)C3=O)cc1F. The van der Waals surface area contributed by atoms with Gasteiger partial charge in [-0.2, -0.15) is 0 Å². The Morgan fingerprint density at radius 1 is 1.21 bits per heavy atom. The number of hydrogen-bond acceptors (Lipinski definition) is 4. The fourth-order valence-electron chi connectivity index (χ4n) is 3.69. The van der Waals surface area contributed by atoms with Crippen LogP contribution in [0.25, 0.3) is 0 Å². The molecule has 0 radical (unpaired) electrons. The predicted octanol–water partition coefficient (Wildman–Crippen LogP) is 2.51. The average Bonchev–Trinajstić information content (AvgIpc) is 3.00. The molecular formula is C21H20FN3O3. The van der Waals surface area contributed by atoms with Crippen LogP contribution in [0.4, 0.5) is 10.1 Å². The van der Waals surface area contributed by atoms with E-state index in [4.69, 9.17) is 0 Å². The zero-order chi connectivity index (χ0) is 19.8. The molecule has 2 aliphatic rings. The van der Waals surface area contributed by atoms with E-state index in [1.54, 1.807) is 25.1 Å². The van der Waals surface area contributed by atoms with Gasteiger partial charge in [0.05, 0.1) is 0 Å². The van der Waals surface area contributed by atoms with Crippen molar-refractivity contribution in [3.05, 3.63) is 64.5 Å². The molecule has 0 aliphatic carbocycles. The van der Waals surface area contributed by atoms with Gasteiger partial charge in [-0.15, -0.1) is 0 Å². The van der Waals surface area contributed by atoms with Gasteiger partial charge in [0.1, 0.15) is 11.9 Å². The highest BCUT2D eigenvalue weighted by Crippen LogP contribution is 2.32. The Balaban J connectivity index is 1.53.